The molecule has 162 valence electrons. The topological polar surface area (TPSA) is 126 Å². The minimum absolute atomic E-state index is 0.0958. The Morgan fingerprint density at radius 2 is 1.59 bits per heavy atom. The average Bonchev–Trinajstić information content (AvgIpc) is 3.19. The minimum atomic E-state index is -0.568. The second-order valence-corrected chi connectivity index (χ2v) is 7.22. The second kappa shape index (κ2) is 9.25. The van der Waals surface area contributed by atoms with E-state index < -0.39 is 11.8 Å². The number of amides is 3. The smallest absolute Gasteiger partial charge is 0.305 e. The van der Waals surface area contributed by atoms with Gasteiger partial charge in [-0.1, -0.05) is 18.2 Å². The molecule has 0 saturated carbocycles. The molecule has 0 unspecified atom stereocenters. The molecule has 0 bridgehead atoms. The quantitative estimate of drug-likeness (QED) is 0.548. The molecule has 1 aromatic carbocycles. The number of fused-ring (bicyclic) bond motifs is 1. The first kappa shape index (κ1) is 21.0. The number of hydrazine groups is 1. The van der Waals surface area contributed by atoms with Gasteiger partial charge in [-0.3, -0.25) is 30.2 Å². The lowest BCUT2D eigenvalue weighted by molar-refractivity contribution is 0.0829. The van der Waals surface area contributed by atoms with Crippen LogP contribution < -0.4 is 16.3 Å². The Kier molecular flexibility index (Phi) is 6.07. The molecule has 3 amide bonds. The van der Waals surface area contributed by atoms with E-state index in [4.69, 9.17) is 4.42 Å². The number of carbonyl (C=O) groups excluding carboxylic acids is 3. The minimum Gasteiger partial charge on any atom is -0.455 e. The van der Waals surface area contributed by atoms with Gasteiger partial charge in [-0.25, -0.2) is 5.43 Å². The average molecular weight is 431 g/mol. The summed E-state index contributed by atoms with van der Waals surface area (Å²) in [6, 6.07) is 11.7. The molecule has 2 aromatic heterocycles. The highest BCUT2D eigenvalue weighted by molar-refractivity contribution is 6.07. The summed E-state index contributed by atoms with van der Waals surface area (Å²) >= 11 is 0. The maximum Gasteiger partial charge on any atom is 0.305 e. The van der Waals surface area contributed by atoms with Crippen LogP contribution in [-0.2, 0) is 6.42 Å². The molecule has 32 heavy (non-hydrogen) atoms. The van der Waals surface area contributed by atoms with Crippen LogP contribution in [0.25, 0.3) is 0 Å². The number of nitrogens with zero attached hydrogens (tertiary/aromatic N) is 2. The number of hydrogen-bond acceptors (Lipinski definition) is 6. The zero-order valence-electron chi connectivity index (χ0n) is 17.3. The zero-order valence-corrected chi connectivity index (χ0v) is 17.3. The Bertz CT molecular complexity index is 1190. The third kappa shape index (κ3) is 4.41. The molecule has 0 saturated heterocycles. The van der Waals surface area contributed by atoms with Crippen molar-refractivity contribution in [2.24, 2.45) is 5.10 Å². The highest BCUT2D eigenvalue weighted by Crippen LogP contribution is 2.29. The molecule has 4 rings (SSSR count). The number of rotatable bonds is 4. The largest absolute Gasteiger partial charge is 0.455 e. The summed E-state index contributed by atoms with van der Waals surface area (Å²) in [6.07, 6.45) is 5.12. The molecule has 9 nitrogen and oxygen atoms in total. The number of aromatic nitrogens is 1. The van der Waals surface area contributed by atoms with Gasteiger partial charge in [-0.2, -0.15) is 5.10 Å². The highest BCUT2D eigenvalue weighted by Gasteiger charge is 2.28. The molecule has 1 aliphatic carbocycles. The fraction of sp³-hybridized carbons (Fsp3) is 0.174. The van der Waals surface area contributed by atoms with Gasteiger partial charge < -0.3 is 4.42 Å². The molecular formula is C23H21N5O4. The molecular weight excluding hydrogens is 410 g/mol. The Morgan fingerprint density at radius 3 is 2.34 bits per heavy atom. The van der Waals surface area contributed by atoms with Crippen LogP contribution in [0, 0.1) is 6.92 Å². The number of hydrazone groups is 1. The molecule has 0 atom stereocenters. The van der Waals surface area contributed by atoms with Gasteiger partial charge in [0.2, 0.25) is 0 Å². The maximum absolute atomic E-state index is 12.6. The summed E-state index contributed by atoms with van der Waals surface area (Å²) in [4.78, 5) is 41.0. The third-order valence-corrected chi connectivity index (χ3v) is 5.09. The van der Waals surface area contributed by atoms with Crippen molar-refractivity contribution in [2.45, 2.75) is 26.2 Å². The molecule has 3 N–H and O–H groups in total. The maximum atomic E-state index is 12.6. The molecule has 2 heterocycles. The van der Waals surface area contributed by atoms with Gasteiger partial charge in [0.1, 0.15) is 5.76 Å². The van der Waals surface area contributed by atoms with E-state index >= 15 is 0 Å². The highest BCUT2D eigenvalue weighted by atomic mass is 16.4. The Hall–Kier alpha value is -4.27. The van der Waals surface area contributed by atoms with Crippen LogP contribution in [-0.4, -0.2) is 28.4 Å². The lowest BCUT2D eigenvalue weighted by Crippen LogP contribution is -2.41. The first-order valence-electron chi connectivity index (χ1n) is 10.1. The summed E-state index contributed by atoms with van der Waals surface area (Å²) < 4.78 is 5.79. The SMILES string of the molecule is Cc1c(C(=O)NNC(=O)c2ccccc2)oc2c1/C(=N/NC(=O)c1ccncc1)CCC2. The van der Waals surface area contributed by atoms with Gasteiger partial charge in [0.25, 0.3) is 11.8 Å². The molecule has 0 fully saturated rings. The molecule has 0 radical (unpaired) electrons. The van der Waals surface area contributed by atoms with E-state index in [0.717, 1.165) is 6.42 Å². The Balaban J connectivity index is 1.48. The van der Waals surface area contributed by atoms with E-state index in [9.17, 15) is 14.4 Å². The van der Waals surface area contributed by atoms with Crippen LogP contribution in [0.1, 0.15) is 61.0 Å². The first-order chi connectivity index (χ1) is 15.5. The van der Waals surface area contributed by atoms with Crippen molar-refractivity contribution < 1.29 is 18.8 Å². The number of furan rings is 1. The number of pyridine rings is 1. The molecule has 0 aliphatic heterocycles. The lowest BCUT2D eigenvalue weighted by atomic mass is 9.93. The standard InChI is InChI=1S/C23H21N5O4/c1-14-19-17(25-26-22(30)16-10-12-24-13-11-16)8-5-9-18(19)32-20(14)23(31)28-27-21(29)15-6-3-2-4-7-15/h2-4,6-7,10-13H,5,8-9H2,1H3,(H,26,30)(H,27,29)(H,28,31)/b25-17+. The summed E-state index contributed by atoms with van der Waals surface area (Å²) in [7, 11) is 0. The van der Waals surface area contributed by atoms with Crippen molar-refractivity contribution in [3.05, 3.63) is 88.6 Å². The van der Waals surface area contributed by atoms with Crippen LogP contribution in [0.2, 0.25) is 0 Å². The van der Waals surface area contributed by atoms with Gasteiger partial charge in [0.05, 0.1) is 5.71 Å². The van der Waals surface area contributed by atoms with Gasteiger partial charge >= 0.3 is 5.91 Å². The monoisotopic (exact) mass is 431 g/mol. The van der Waals surface area contributed by atoms with Crippen LogP contribution in [0.15, 0.2) is 64.4 Å². The van der Waals surface area contributed by atoms with Gasteiger partial charge in [-0.15, -0.1) is 0 Å². The van der Waals surface area contributed by atoms with E-state index in [1.165, 1.54) is 12.4 Å². The number of hydrogen-bond donors (Lipinski definition) is 3. The van der Waals surface area contributed by atoms with Crippen molar-refractivity contribution in [1.29, 1.82) is 0 Å². The van der Waals surface area contributed by atoms with Crippen molar-refractivity contribution in [3.8, 4) is 0 Å². The predicted molar refractivity (Wildman–Crippen MR) is 116 cm³/mol. The van der Waals surface area contributed by atoms with Crippen LogP contribution in [0.3, 0.4) is 0 Å². The van der Waals surface area contributed by atoms with Crippen LogP contribution in [0.5, 0.6) is 0 Å². The van der Waals surface area contributed by atoms with Gasteiger partial charge in [-0.05, 0) is 44.0 Å². The number of nitrogens with one attached hydrogen (secondary N) is 3. The number of benzene rings is 1. The van der Waals surface area contributed by atoms with Gasteiger partial charge in [0, 0.05) is 41.1 Å². The van der Waals surface area contributed by atoms with Crippen molar-refractivity contribution in [2.75, 3.05) is 0 Å². The summed E-state index contributed by atoms with van der Waals surface area (Å²) in [5.74, 6) is -0.631. The summed E-state index contributed by atoms with van der Waals surface area (Å²) in [5, 5.41) is 4.28. The van der Waals surface area contributed by atoms with E-state index in [0.29, 0.717) is 46.6 Å². The third-order valence-electron chi connectivity index (χ3n) is 5.09. The lowest BCUT2D eigenvalue weighted by Gasteiger charge is -2.13. The van der Waals surface area contributed by atoms with Gasteiger partial charge in [0.15, 0.2) is 5.76 Å². The van der Waals surface area contributed by atoms with Crippen LogP contribution in [0.4, 0.5) is 0 Å². The van der Waals surface area contributed by atoms with Crippen molar-refractivity contribution >= 4 is 23.4 Å². The Labute approximate surface area is 183 Å². The molecule has 9 heteroatoms. The molecule has 0 spiro atoms. The van der Waals surface area contributed by atoms with E-state index in [-0.39, 0.29) is 11.7 Å². The van der Waals surface area contributed by atoms with Crippen molar-refractivity contribution in [3.63, 3.8) is 0 Å². The predicted octanol–water partition coefficient (Wildman–Crippen LogP) is 2.53. The first-order valence-corrected chi connectivity index (χ1v) is 10.1. The Morgan fingerprint density at radius 1 is 0.906 bits per heavy atom. The summed E-state index contributed by atoms with van der Waals surface area (Å²) in [5.41, 5.74) is 10.1. The van der Waals surface area contributed by atoms with E-state index in [1.54, 1.807) is 49.4 Å². The number of aryl methyl sites for hydroxylation is 1. The van der Waals surface area contributed by atoms with E-state index in [2.05, 4.69) is 26.4 Å². The van der Waals surface area contributed by atoms with E-state index in [1.807, 2.05) is 0 Å². The fourth-order valence-electron chi connectivity index (χ4n) is 3.51. The number of carbonyl (C=O) groups is 3. The zero-order chi connectivity index (χ0) is 22.5. The molecule has 3 aromatic rings. The second-order valence-electron chi connectivity index (χ2n) is 7.22. The normalized spacial score (nSPS) is 13.8. The van der Waals surface area contributed by atoms with Crippen molar-refractivity contribution in [1.82, 2.24) is 21.3 Å². The fourth-order valence-corrected chi connectivity index (χ4v) is 3.51. The van der Waals surface area contributed by atoms with Crippen LogP contribution >= 0.6 is 0 Å². The summed E-state index contributed by atoms with van der Waals surface area (Å²) in [6.45, 7) is 1.75. The molecule has 1 aliphatic rings.